The monoisotopic (exact) mass is 340 g/mol. The van der Waals surface area contributed by atoms with Crippen LogP contribution in [0.25, 0.3) is 0 Å². The van der Waals surface area contributed by atoms with Gasteiger partial charge in [0, 0.05) is 23.0 Å². The Balaban J connectivity index is 1.96. The first-order valence-electron chi connectivity index (χ1n) is 7.04. The molecule has 20 heavy (non-hydrogen) atoms. The number of urea groups is 1. The first kappa shape index (κ1) is 15.3. The molecule has 2 rings (SSSR count). The Bertz CT molecular complexity index is 479. The van der Waals surface area contributed by atoms with Gasteiger partial charge in [0.05, 0.1) is 5.69 Å². The lowest BCUT2D eigenvalue weighted by atomic mass is 9.85. The number of nitrogens with one attached hydrogen (secondary N) is 2. The Morgan fingerprint density at radius 2 is 2.15 bits per heavy atom. The molecular weight excluding hydrogens is 320 g/mol. The third-order valence-corrected chi connectivity index (χ3v) is 4.52. The summed E-state index contributed by atoms with van der Waals surface area (Å²) in [5, 5.41) is 15.2. The van der Waals surface area contributed by atoms with Gasteiger partial charge in [0.15, 0.2) is 0 Å². The molecule has 1 fully saturated rings. The SMILES string of the molecule is Cc1ccc(Br)c(NC(=O)NC2CCCCC2CO)c1. The molecule has 1 aromatic rings. The Morgan fingerprint density at radius 1 is 1.40 bits per heavy atom. The van der Waals surface area contributed by atoms with Crippen LogP contribution in [0.5, 0.6) is 0 Å². The highest BCUT2D eigenvalue weighted by Gasteiger charge is 2.25. The molecule has 110 valence electrons. The fourth-order valence-corrected chi connectivity index (χ4v) is 3.02. The van der Waals surface area contributed by atoms with Crippen molar-refractivity contribution < 1.29 is 9.90 Å². The number of rotatable bonds is 3. The van der Waals surface area contributed by atoms with Crippen LogP contribution in [-0.4, -0.2) is 23.8 Å². The number of anilines is 1. The molecule has 5 heteroatoms. The summed E-state index contributed by atoms with van der Waals surface area (Å²) in [6, 6.07) is 5.69. The average Bonchev–Trinajstić information content (AvgIpc) is 2.43. The van der Waals surface area contributed by atoms with E-state index in [0.717, 1.165) is 41.4 Å². The van der Waals surface area contributed by atoms with Crippen LogP contribution in [0, 0.1) is 12.8 Å². The van der Waals surface area contributed by atoms with Gasteiger partial charge in [-0.15, -0.1) is 0 Å². The van der Waals surface area contributed by atoms with E-state index < -0.39 is 0 Å². The van der Waals surface area contributed by atoms with E-state index in [1.54, 1.807) is 0 Å². The quantitative estimate of drug-likeness (QED) is 0.789. The van der Waals surface area contributed by atoms with Crippen molar-refractivity contribution in [2.75, 3.05) is 11.9 Å². The predicted molar refractivity (Wildman–Crippen MR) is 83.9 cm³/mol. The van der Waals surface area contributed by atoms with E-state index in [1.807, 2.05) is 25.1 Å². The molecule has 0 spiro atoms. The van der Waals surface area contributed by atoms with Crippen molar-refractivity contribution in [3.63, 3.8) is 0 Å². The lowest BCUT2D eigenvalue weighted by Gasteiger charge is -2.30. The van der Waals surface area contributed by atoms with Gasteiger partial charge in [-0.2, -0.15) is 0 Å². The summed E-state index contributed by atoms with van der Waals surface area (Å²) >= 11 is 3.43. The molecule has 3 N–H and O–H groups in total. The molecule has 2 atom stereocenters. The van der Waals surface area contributed by atoms with E-state index >= 15 is 0 Å². The van der Waals surface area contributed by atoms with E-state index in [1.165, 1.54) is 0 Å². The van der Waals surface area contributed by atoms with Crippen molar-refractivity contribution in [2.45, 2.75) is 38.6 Å². The summed E-state index contributed by atoms with van der Waals surface area (Å²) in [5.74, 6) is 0.176. The molecule has 2 unspecified atom stereocenters. The Hall–Kier alpha value is -1.07. The van der Waals surface area contributed by atoms with Gasteiger partial charge in [-0.25, -0.2) is 4.79 Å². The zero-order chi connectivity index (χ0) is 14.5. The van der Waals surface area contributed by atoms with Crippen LogP contribution in [0.2, 0.25) is 0 Å². The fourth-order valence-electron chi connectivity index (χ4n) is 2.68. The number of benzene rings is 1. The van der Waals surface area contributed by atoms with Crippen LogP contribution in [0.4, 0.5) is 10.5 Å². The van der Waals surface area contributed by atoms with E-state index in [2.05, 4.69) is 26.6 Å². The van der Waals surface area contributed by atoms with E-state index in [9.17, 15) is 9.90 Å². The highest BCUT2D eigenvalue weighted by Crippen LogP contribution is 2.25. The van der Waals surface area contributed by atoms with E-state index in [0.29, 0.717) is 0 Å². The number of aryl methyl sites for hydroxylation is 1. The van der Waals surface area contributed by atoms with Gasteiger partial charge >= 0.3 is 6.03 Å². The molecule has 1 aliphatic rings. The van der Waals surface area contributed by atoms with Gasteiger partial charge in [-0.1, -0.05) is 18.9 Å². The summed E-state index contributed by atoms with van der Waals surface area (Å²) in [6.07, 6.45) is 4.16. The number of aliphatic hydroxyl groups is 1. The lowest BCUT2D eigenvalue weighted by Crippen LogP contribution is -2.45. The number of amides is 2. The second-order valence-corrected chi connectivity index (χ2v) is 6.27. The Labute approximate surface area is 128 Å². The van der Waals surface area contributed by atoms with Gasteiger partial charge < -0.3 is 15.7 Å². The van der Waals surface area contributed by atoms with Crippen molar-refractivity contribution in [3.8, 4) is 0 Å². The average molecular weight is 341 g/mol. The van der Waals surface area contributed by atoms with Gasteiger partial charge in [0.1, 0.15) is 0 Å². The minimum Gasteiger partial charge on any atom is -0.396 e. The summed E-state index contributed by atoms with van der Waals surface area (Å²) in [6.45, 7) is 2.12. The summed E-state index contributed by atoms with van der Waals surface area (Å²) in [4.78, 5) is 12.1. The highest BCUT2D eigenvalue weighted by atomic mass is 79.9. The van der Waals surface area contributed by atoms with E-state index in [4.69, 9.17) is 0 Å². The second kappa shape index (κ2) is 7.09. The van der Waals surface area contributed by atoms with Gasteiger partial charge in [0.2, 0.25) is 0 Å². The van der Waals surface area contributed by atoms with Crippen LogP contribution < -0.4 is 10.6 Å². The second-order valence-electron chi connectivity index (χ2n) is 5.42. The van der Waals surface area contributed by atoms with Crippen LogP contribution in [0.3, 0.4) is 0 Å². The zero-order valence-electron chi connectivity index (χ0n) is 11.7. The zero-order valence-corrected chi connectivity index (χ0v) is 13.2. The molecule has 1 aliphatic carbocycles. The Morgan fingerprint density at radius 3 is 2.90 bits per heavy atom. The van der Waals surface area contributed by atoms with Crippen molar-refractivity contribution >= 4 is 27.6 Å². The molecule has 0 radical (unpaired) electrons. The van der Waals surface area contributed by atoms with Crippen LogP contribution in [-0.2, 0) is 0 Å². The topological polar surface area (TPSA) is 61.4 Å². The van der Waals surface area contributed by atoms with Gasteiger partial charge in [-0.3, -0.25) is 0 Å². The van der Waals surface area contributed by atoms with Crippen molar-refractivity contribution in [3.05, 3.63) is 28.2 Å². The first-order valence-corrected chi connectivity index (χ1v) is 7.84. The molecule has 4 nitrogen and oxygen atoms in total. The third kappa shape index (κ3) is 3.96. The normalized spacial score (nSPS) is 22.4. The largest absolute Gasteiger partial charge is 0.396 e. The lowest BCUT2D eigenvalue weighted by molar-refractivity contribution is 0.156. The number of halogens is 1. The van der Waals surface area contributed by atoms with Gasteiger partial charge in [0.25, 0.3) is 0 Å². The number of carbonyl (C=O) groups excluding carboxylic acids is 1. The highest BCUT2D eigenvalue weighted by molar-refractivity contribution is 9.10. The standard InChI is InChI=1S/C15H21BrN2O2/c1-10-6-7-12(16)14(8-10)18-15(20)17-13-5-3-2-4-11(13)9-19/h6-8,11,13,19H,2-5,9H2,1H3,(H2,17,18,20). The van der Waals surface area contributed by atoms with Crippen molar-refractivity contribution in [1.29, 1.82) is 0 Å². The predicted octanol–water partition coefficient (Wildman–Crippen LogP) is 3.43. The van der Waals surface area contributed by atoms with Crippen LogP contribution in [0.1, 0.15) is 31.2 Å². The minimum atomic E-state index is -0.207. The van der Waals surface area contributed by atoms with Gasteiger partial charge in [-0.05, 0) is 53.4 Å². The Kier molecular flexibility index (Phi) is 5.43. The van der Waals surface area contributed by atoms with Crippen LogP contribution in [0.15, 0.2) is 22.7 Å². The molecule has 2 amide bonds. The minimum absolute atomic E-state index is 0.0670. The molecule has 0 saturated heterocycles. The molecule has 0 bridgehead atoms. The van der Waals surface area contributed by atoms with E-state index in [-0.39, 0.29) is 24.6 Å². The molecular formula is C15H21BrN2O2. The number of hydrogen-bond donors (Lipinski definition) is 3. The number of carbonyl (C=O) groups is 1. The fraction of sp³-hybridized carbons (Fsp3) is 0.533. The number of hydrogen-bond acceptors (Lipinski definition) is 2. The molecule has 1 aromatic carbocycles. The maximum Gasteiger partial charge on any atom is 0.319 e. The summed E-state index contributed by atoms with van der Waals surface area (Å²) in [5.41, 5.74) is 1.85. The maximum absolute atomic E-state index is 12.1. The third-order valence-electron chi connectivity index (χ3n) is 3.83. The van der Waals surface area contributed by atoms with Crippen LogP contribution >= 0.6 is 15.9 Å². The molecule has 1 saturated carbocycles. The maximum atomic E-state index is 12.1. The number of aliphatic hydroxyl groups excluding tert-OH is 1. The molecule has 0 aromatic heterocycles. The summed E-state index contributed by atoms with van der Waals surface area (Å²) in [7, 11) is 0. The molecule has 0 aliphatic heterocycles. The molecule has 0 heterocycles. The summed E-state index contributed by atoms with van der Waals surface area (Å²) < 4.78 is 0.862. The first-order chi connectivity index (χ1) is 9.60. The smallest absolute Gasteiger partial charge is 0.319 e. The van der Waals surface area contributed by atoms with Crippen molar-refractivity contribution in [2.24, 2.45) is 5.92 Å². The van der Waals surface area contributed by atoms with Crippen molar-refractivity contribution in [1.82, 2.24) is 5.32 Å².